The van der Waals surface area contributed by atoms with Gasteiger partial charge in [0.25, 0.3) is 0 Å². The molecule has 0 saturated heterocycles. The Balaban J connectivity index is 2.41. The molecule has 1 aromatic heterocycles. The van der Waals surface area contributed by atoms with Gasteiger partial charge >= 0.3 is 5.97 Å². The average Bonchev–Trinajstić information content (AvgIpc) is 2.70. The third-order valence-corrected chi connectivity index (χ3v) is 2.39. The van der Waals surface area contributed by atoms with E-state index in [4.69, 9.17) is 0 Å². The first-order valence-electron chi connectivity index (χ1n) is 4.97. The standard InChI is InChI=1S/C11H18N2O2/c1-11(2,9-5-4-6-13-9)8-12-7-10(14)15-3/h4-6,12-13H,7-8H2,1-3H3. The van der Waals surface area contributed by atoms with Crippen LogP contribution in [0.4, 0.5) is 0 Å². The molecular formula is C11H18N2O2. The highest BCUT2D eigenvalue weighted by atomic mass is 16.5. The fourth-order valence-corrected chi connectivity index (χ4v) is 1.40. The Labute approximate surface area is 90.0 Å². The van der Waals surface area contributed by atoms with Gasteiger partial charge in [0.2, 0.25) is 0 Å². The molecule has 15 heavy (non-hydrogen) atoms. The molecular weight excluding hydrogens is 192 g/mol. The van der Waals surface area contributed by atoms with E-state index < -0.39 is 0 Å². The SMILES string of the molecule is COC(=O)CNCC(C)(C)c1ccc[nH]1. The number of esters is 1. The summed E-state index contributed by atoms with van der Waals surface area (Å²) in [6, 6.07) is 4.01. The van der Waals surface area contributed by atoms with Crippen molar-refractivity contribution in [3.63, 3.8) is 0 Å². The van der Waals surface area contributed by atoms with Crippen LogP contribution in [0, 0.1) is 0 Å². The van der Waals surface area contributed by atoms with Crippen molar-refractivity contribution in [2.24, 2.45) is 0 Å². The first-order chi connectivity index (χ1) is 7.06. The second kappa shape index (κ2) is 4.98. The molecule has 84 valence electrons. The van der Waals surface area contributed by atoms with Crippen molar-refractivity contribution in [3.8, 4) is 0 Å². The third-order valence-electron chi connectivity index (χ3n) is 2.39. The summed E-state index contributed by atoms with van der Waals surface area (Å²) in [5.74, 6) is -0.239. The molecule has 0 atom stereocenters. The number of carbonyl (C=O) groups excluding carboxylic acids is 1. The molecule has 0 aliphatic heterocycles. The van der Waals surface area contributed by atoms with E-state index in [0.717, 1.165) is 12.2 Å². The highest BCUT2D eigenvalue weighted by molar-refractivity contribution is 5.71. The van der Waals surface area contributed by atoms with Crippen molar-refractivity contribution >= 4 is 5.97 Å². The van der Waals surface area contributed by atoms with Gasteiger partial charge in [0.05, 0.1) is 13.7 Å². The monoisotopic (exact) mass is 210 g/mol. The summed E-state index contributed by atoms with van der Waals surface area (Å²) < 4.78 is 4.55. The van der Waals surface area contributed by atoms with Crippen molar-refractivity contribution in [1.82, 2.24) is 10.3 Å². The number of rotatable bonds is 5. The Morgan fingerprint density at radius 2 is 2.33 bits per heavy atom. The van der Waals surface area contributed by atoms with Crippen LogP contribution >= 0.6 is 0 Å². The van der Waals surface area contributed by atoms with Gasteiger partial charge in [-0.3, -0.25) is 4.79 Å². The number of hydrogen-bond donors (Lipinski definition) is 2. The second-order valence-corrected chi connectivity index (χ2v) is 4.15. The molecule has 0 aromatic carbocycles. The Morgan fingerprint density at radius 1 is 1.60 bits per heavy atom. The van der Waals surface area contributed by atoms with Gasteiger partial charge in [-0.2, -0.15) is 0 Å². The van der Waals surface area contributed by atoms with E-state index in [1.165, 1.54) is 7.11 Å². The van der Waals surface area contributed by atoms with Gasteiger partial charge in [0.15, 0.2) is 0 Å². The third kappa shape index (κ3) is 3.40. The summed E-state index contributed by atoms with van der Waals surface area (Å²) in [5, 5.41) is 3.07. The van der Waals surface area contributed by atoms with Gasteiger partial charge < -0.3 is 15.0 Å². The Bertz CT molecular complexity index is 304. The molecule has 1 rings (SSSR count). The molecule has 0 saturated carbocycles. The minimum Gasteiger partial charge on any atom is -0.468 e. The van der Waals surface area contributed by atoms with Crippen molar-refractivity contribution in [1.29, 1.82) is 0 Å². The summed E-state index contributed by atoms with van der Waals surface area (Å²) in [7, 11) is 1.39. The Morgan fingerprint density at radius 3 is 2.87 bits per heavy atom. The minimum absolute atomic E-state index is 0.0163. The molecule has 0 spiro atoms. The average molecular weight is 210 g/mol. The van der Waals surface area contributed by atoms with E-state index in [0.29, 0.717) is 0 Å². The fraction of sp³-hybridized carbons (Fsp3) is 0.545. The number of nitrogens with one attached hydrogen (secondary N) is 2. The van der Waals surface area contributed by atoms with Crippen LogP contribution in [0.2, 0.25) is 0 Å². The maximum absolute atomic E-state index is 10.9. The molecule has 2 N–H and O–H groups in total. The van der Waals surface area contributed by atoms with Crippen LogP contribution in [-0.4, -0.2) is 31.2 Å². The van der Waals surface area contributed by atoms with E-state index in [1.807, 2.05) is 18.3 Å². The molecule has 0 unspecified atom stereocenters. The zero-order chi connectivity index (χ0) is 11.3. The van der Waals surface area contributed by atoms with Gasteiger partial charge in [0, 0.05) is 23.9 Å². The molecule has 0 aliphatic carbocycles. The van der Waals surface area contributed by atoms with Crippen molar-refractivity contribution < 1.29 is 9.53 Å². The normalized spacial score (nSPS) is 11.4. The number of carbonyl (C=O) groups is 1. The molecule has 0 bridgehead atoms. The highest BCUT2D eigenvalue weighted by Crippen LogP contribution is 2.19. The van der Waals surface area contributed by atoms with Crippen molar-refractivity contribution in [3.05, 3.63) is 24.0 Å². The van der Waals surface area contributed by atoms with Gasteiger partial charge in [0.1, 0.15) is 0 Å². The van der Waals surface area contributed by atoms with Gasteiger partial charge in [-0.05, 0) is 12.1 Å². The lowest BCUT2D eigenvalue weighted by Crippen LogP contribution is -2.36. The van der Waals surface area contributed by atoms with E-state index in [9.17, 15) is 4.79 Å². The van der Waals surface area contributed by atoms with Crippen LogP contribution in [0.25, 0.3) is 0 Å². The first kappa shape index (κ1) is 11.8. The van der Waals surface area contributed by atoms with Crippen molar-refractivity contribution in [2.75, 3.05) is 20.2 Å². The van der Waals surface area contributed by atoms with E-state index in [1.54, 1.807) is 0 Å². The number of aromatic nitrogens is 1. The summed E-state index contributed by atoms with van der Waals surface area (Å²) in [6.45, 7) is 5.20. The number of hydrogen-bond acceptors (Lipinski definition) is 3. The van der Waals surface area contributed by atoms with Crippen LogP contribution in [0.3, 0.4) is 0 Å². The molecule has 0 radical (unpaired) electrons. The Kier molecular flexibility index (Phi) is 3.91. The van der Waals surface area contributed by atoms with E-state index in [2.05, 4.69) is 28.9 Å². The molecule has 4 heteroatoms. The first-order valence-corrected chi connectivity index (χ1v) is 4.97. The topological polar surface area (TPSA) is 54.1 Å². The second-order valence-electron chi connectivity index (χ2n) is 4.15. The number of H-pyrrole nitrogens is 1. The lowest BCUT2D eigenvalue weighted by molar-refractivity contribution is -0.139. The van der Waals surface area contributed by atoms with Gasteiger partial charge in [-0.1, -0.05) is 13.8 Å². The number of ether oxygens (including phenoxy) is 1. The van der Waals surface area contributed by atoms with Gasteiger partial charge in [-0.15, -0.1) is 0 Å². The maximum atomic E-state index is 10.9. The predicted octanol–water partition coefficient (Wildman–Crippen LogP) is 1.05. The van der Waals surface area contributed by atoms with Crippen molar-refractivity contribution in [2.45, 2.75) is 19.3 Å². The smallest absolute Gasteiger partial charge is 0.319 e. The van der Waals surface area contributed by atoms with E-state index >= 15 is 0 Å². The Hall–Kier alpha value is -1.29. The summed E-state index contributed by atoms with van der Waals surface area (Å²) >= 11 is 0. The van der Waals surface area contributed by atoms with Crippen LogP contribution in [0.1, 0.15) is 19.5 Å². The maximum Gasteiger partial charge on any atom is 0.319 e. The quantitative estimate of drug-likeness (QED) is 0.714. The lowest BCUT2D eigenvalue weighted by atomic mass is 9.89. The van der Waals surface area contributed by atoms with Gasteiger partial charge in [-0.25, -0.2) is 0 Å². The zero-order valence-electron chi connectivity index (χ0n) is 9.46. The highest BCUT2D eigenvalue weighted by Gasteiger charge is 2.21. The van der Waals surface area contributed by atoms with Crippen LogP contribution < -0.4 is 5.32 Å². The van der Waals surface area contributed by atoms with E-state index in [-0.39, 0.29) is 17.9 Å². The summed E-state index contributed by atoms with van der Waals surface area (Å²) in [5.41, 5.74) is 1.14. The van der Waals surface area contributed by atoms with Crippen LogP contribution in [0.15, 0.2) is 18.3 Å². The molecule has 0 fully saturated rings. The predicted molar refractivity (Wildman–Crippen MR) is 58.7 cm³/mol. The summed E-state index contributed by atoms with van der Waals surface area (Å²) in [6.07, 6.45) is 1.90. The molecule has 0 amide bonds. The largest absolute Gasteiger partial charge is 0.468 e. The molecule has 0 aliphatic rings. The summed E-state index contributed by atoms with van der Waals surface area (Å²) in [4.78, 5) is 14.1. The fourth-order valence-electron chi connectivity index (χ4n) is 1.40. The number of methoxy groups -OCH3 is 1. The van der Waals surface area contributed by atoms with Crippen LogP contribution in [0.5, 0.6) is 0 Å². The molecule has 1 aromatic rings. The molecule has 4 nitrogen and oxygen atoms in total. The number of aromatic amines is 1. The molecule has 1 heterocycles. The minimum atomic E-state index is -0.239. The zero-order valence-corrected chi connectivity index (χ0v) is 9.46. The lowest BCUT2D eigenvalue weighted by Gasteiger charge is -2.23. The van der Waals surface area contributed by atoms with Crippen LogP contribution in [-0.2, 0) is 14.9 Å².